The van der Waals surface area contributed by atoms with Gasteiger partial charge < -0.3 is 14.4 Å². The number of para-hydroxylation sites is 2. The standard InChI is InChI=1S/C25H31NO3/c1-6-19(27)17-28-23-13-9-7-11-21(23)18(2)26-15-20(16-26)29-24-14-10-8-12-22(24)25(3,4)5/h7-14,20H,2,6,15-17H2,1,3-5H3. The van der Waals surface area contributed by atoms with Gasteiger partial charge in [0.1, 0.15) is 24.2 Å². The molecule has 1 fully saturated rings. The molecule has 1 aliphatic rings. The molecule has 0 bridgehead atoms. The van der Waals surface area contributed by atoms with E-state index in [1.165, 1.54) is 5.56 Å². The zero-order valence-electron chi connectivity index (χ0n) is 17.9. The lowest BCUT2D eigenvalue weighted by molar-refractivity contribution is -0.120. The third kappa shape index (κ3) is 5.00. The molecular weight excluding hydrogens is 362 g/mol. The number of ether oxygens (including phenoxy) is 2. The summed E-state index contributed by atoms with van der Waals surface area (Å²) in [6, 6.07) is 16.0. The molecule has 154 valence electrons. The van der Waals surface area contributed by atoms with Gasteiger partial charge in [-0.3, -0.25) is 4.79 Å². The quantitative estimate of drug-likeness (QED) is 0.627. The number of hydrogen-bond donors (Lipinski definition) is 0. The van der Waals surface area contributed by atoms with Crippen molar-refractivity contribution in [3.8, 4) is 11.5 Å². The normalized spacial score (nSPS) is 14.3. The Balaban J connectivity index is 1.62. The molecular formula is C25H31NO3. The first kappa shape index (κ1) is 21.0. The first-order valence-electron chi connectivity index (χ1n) is 10.2. The highest BCUT2D eigenvalue weighted by molar-refractivity contribution is 5.80. The minimum absolute atomic E-state index is 0.0375. The number of likely N-dealkylation sites (tertiary alicyclic amines) is 1. The number of benzene rings is 2. The van der Waals surface area contributed by atoms with Crippen LogP contribution in [0, 0.1) is 0 Å². The molecule has 0 saturated carbocycles. The van der Waals surface area contributed by atoms with Gasteiger partial charge in [0.2, 0.25) is 0 Å². The van der Waals surface area contributed by atoms with Crippen molar-refractivity contribution in [2.75, 3.05) is 19.7 Å². The zero-order chi connectivity index (χ0) is 21.0. The highest BCUT2D eigenvalue weighted by Gasteiger charge is 2.32. The Kier molecular flexibility index (Phi) is 6.31. The van der Waals surface area contributed by atoms with Gasteiger partial charge in [-0.2, -0.15) is 0 Å². The minimum atomic E-state index is 0.0375. The molecule has 2 aromatic rings. The molecule has 29 heavy (non-hydrogen) atoms. The van der Waals surface area contributed by atoms with E-state index < -0.39 is 0 Å². The Morgan fingerprint density at radius 1 is 1.07 bits per heavy atom. The minimum Gasteiger partial charge on any atom is -0.486 e. The fourth-order valence-corrected chi connectivity index (χ4v) is 3.36. The van der Waals surface area contributed by atoms with Crippen molar-refractivity contribution in [3.63, 3.8) is 0 Å². The van der Waals surface area contributed by atoms with Gasteiger partial charge in [-0.05, 0) is 29.2 Å². The lowest BCUT2D eigenvalue weighted by atomic mass is 9.86. The fourth-order valence-electron chi connectivity index (χ4n) is 3.36. The molecule has 1 saturated heterocycles. The summed E-state index contributed by atoms with van der Waals surface area (Å²) in [6.07, 6.45) is 0.606. The second-order valence-electron chi connectivity index (χ2n) is 8.51. The maximum atomic E-state index is 11.6. The molecule has 3 rings (SSSR count). The molecule has 0 aliphatic carbocycles. The third-order valence-corrected chi connectivity index (χ3v) is 5.20. The van der Waals surface area contributed by atoms with Gasteiger partial charge in [0.15, 0.2) is 5.78 Å². The molecule has 0 spiro atoms. The van der Waals surface area contributed by atoms with Crippen LogP contribution in [0.2, 0.25) is 0 Å². The Morgan fingerprint density at radius 3 is 2.34 bits per heavy atom. The molecule has 4 nitrogen and oxygen atoms in total. The van der Waals surface area contributed by atoms with Gasteiger partial charge in [0.25, 0.3) is 0 Å². The predicted molar refractivity (Wildman–Crippen MR) is 117 cm³/mol. The van der Waals surface area contributed by atoms with Crippen molar-refractivity contribution < 1.29 is 14.3 Å². The number of nitrogens with zero attached hydrogens (tertiary/aromatic N) is 1. The number of carbonyl (C=O) groups excluding carboxylic acids is 1. The summed E-state index contributed by atoms with van der Waals surface area (Å²) in [5.74, 6) is 1.74. The van der Waals surface area contributed by atoms with E-state index in [0.717, 1.165) is 30.1 Å². The predicted octanol–water partition coefficient (Wildman–Crippen LogP) is 5.08. The summed E-state index contributed by atoms with van der Waals surface area (Å²) in [7, 11) is 0. The second-order valence-corrected chi connectivity index (χ2v) is 8.51. The van der Waals surface area contributed by atoms with E-state index in [1.54, 1.807) is 0 Å². The number of carbonyl (C=O) groups is 1. The van der Waals surface area contributed by atoms with E-state index in [9.17, 15) is 4.79 Å². The maximum Gasteiger partial charge on any atom is 0.169 e. The molecule has 1 aliphatic heterocycles. The first-order chi connectivity index (χ1) is 13.8. The lowest BCUT2D eigenvalue weighted by Gasteiger charge is -2.42. The molecule has 1 heterocycles. The van der Waals surface area contributed by atoms with Gasteiger partial charge in [0, 0.05) is 17.7 Å². The van der Waals surface area contributed by atoms with Gasteiger partial charge >= 0.3 is 0 Å². The number of Topliss-reactive ketones (excluding diaryl/α,β-unsaturated/α-hetero) is 1. The summed E-state index contributed by atoms with van der Waals surface area (Å²) in [4.78, 5) is 13.8. The molecule has 0 radical (unpaired) electrons. The van der Waals surface area contributed by atoms with Crippen LogP contribution in [0.1, 0.15) is 45.2 Å². The summed E-state index contributed by atoms with van der Waals surface area (Å²) in [5, 5.41) is 0. The van der Waals surface area contributed by atoms with Crippen molar-refractivity contribution in [2.24, 2.45) is 0 Å². The maximum absolute atomic E-state index is 11.6. The topological polar surface area (TPSA) is 38.8 Å². The first-order valence-corrected chi connectivity index (χ1v) is 10.2. The van der Waals surface area contributed by atoms with Crippen LogP contribution in [0.15, 0.2) is 55.1 Å². The Hall–Kier alpha value is -2.75. The second kappa shape index (κ2) is 8.73. The summed E-state index contributed by atoms with van der Waals surface area (Å²) < 4.78 is 12.0. The number of hydrogen-bond acceptors (Lipinski definition) is 4. The van der Waals surface area contributed by atoms with Crippen molar-refractivity contribution in [3.05, 3.63) is 66.2 Å². The van der Waals surface area contributed by atoms with Crippen LogP contribution in [-0.4, -0.2) is 36.5 Å². The molecule has 0 aromatic heterocycles. The molecule has 0 N–H and O–H groups in total. The fraction of sp³-hybridized carbons (Fsp3) is 0.400. The smallest absolute Gasteiger partial charge is 0.169 e. The van der Waals surface area contributed by atoms with Gasteiger partial charge in [-0.25, -0.2) is 0 Å². The van der Waals surface area contributed by atoms with Crippen LogP contribution in [0.5, 0.6) is 11.5 Å². The number of ketones is 1. The number of rotatable bonds is 8. The average Bonchev–Trinajstić information content (AvgIpc) is 2.67. The van der Waals surface area contributed by atoms with Gasteiger partial charge in [-0.1, -0.05) is 64.6 Å². The van der Waals surface area contributed by atoms with E-state index in [1.807, 2.05) is 43.3 Å². The Labute approximate surface area is 174 Å². The molecule has 2 aromatic carbocycles. The monoisotopic (exact) mass is 393 g/mol. The molecule has 0 atom stereocenters. The van der Waals surface area contributed by atoms with E-state index in [0.29, 0.717) is 12.2 Å². The van der Waals surface area contributed by atoms with Gasteiger partial charge in [-0.15, -0.1) is 0 Å². The van der Waals surface area contributed by atoms with E-state index >= 15 is 0 Å². The van der Waals surface area contributed by atoms with Crippen LogP contribution in [0.4, 0.5) is 0 Å². The van der Waals surface area contributed by atoms with Crippen molar-refractivity contribution in [1.82, 2.24) is 4.90 Å². The van der Waals surface area contributed by atoms with Gasteiger partial charge in [0.05, 0.1) is 13.1 Å². The largest absolute Gasteiger partial charge is 0.486 e. The summed E-state index contributed by atoms with van der Waals surface area (Å²) in [5.41, 5.74) is 3.07. The van der Waals surface area contributed by atoms with Crippen LogP contribution in [-0.2, 0) is 10.2 Å². The molecule has 0 unspecified atom stereocenters. The summed E-state index contributed by atoms with van der Waals surface area (Å²) in [6.45, 7) is 14.3. The zero-order valence-corrected chi connectivity index (χ0v) is 17.9. The Morgan fingerprint density at radius 2 is 1.69 bits per heavy atom. The van der Waals surface area contributed by atoms with Crippen LogP contribution in [0.3, 0.4) is 0 Å². The van der Waals surface area contributed by atoms with E-state index in [-0.39, 0.29) is 23.9 Å². The van der Waals surface area contributed by atoms with Crippen molar-refractivity contribution in [1.29, 1.82) is 0 Å². The molecule has 0 amide bonds. The van der Waals surface area contributed by atoms with Crippen LogP contribution >= 0.6 is 0 Å². The highest BCUT2D eigenvalue weighted by atomic mass is 16.5. The van der Waals surface area contributed by atoms with E-state index in [4.69, 9.17) is 9.47 Å². The molecule has 4 heteroatoms. The van der Waals surface area contributed by atoms with Crippen LogP contribution in [0.25, 0.3) is 5.70 Å². The van der Waals surface area contributed by atoms with Crippen molar-refractivity contribution >= 4 is 11.5 Å². The highest BCUT2D eigenvalue weighted by Crippen LogP contribution is 2.35. The third-order valence-electron chi connectivity index (χ3n) is 5.20. The average molecular weight is 394 g/mol. The summed E-state index contributed by atoms with van der Waals surface area (Å²) >= 11 is 0. The van der Waals surface area contributed by atoms with E-state index in [2.05, 4.69) is 44.4 Å². The Bertz CT molecular complexity index is 876. The SMILES string of the molecule is C=C(c1ccccc1OCC(=O)CC)N1CC(Oc2ccccc2C(C)(C)C)C1. The van der Waals surface area contributed by atoms with Crippen LogP contribution < -0.4 is 9.47 Å². The van der Waals surface area contributed by atoms with Crippen molar-refractivity contribution in [2.45, 2.75) is 45.6 Å². The lowest BCUT2D eigenvalue weighted by Crippen LogP contribution is -2.52.